The Morgan fingerprint density at radius 2 is 1.50 bits per heavy atom. The van der Waals surface area contributed by atoms with E-state index in [1.165, 1.54) is 54.6 Å². The van der Waals surface area contributed by atoms with Gasteiger partial charge in [0, 0.05) is 5.56 Å². The molecular weight excluding hydrogens is 381 g/mol. The van der Waals surface area contributed by atoms with Gasteiger partial charge in [0.1, 0.15) is 11.9 Å². The van der Waals surface area contributed by atoms with E-state index in [0.29, 0.717) is 0 Å². The highest BCUT2D eigenvalue weighted by Gasteiger charge is 2.17. The smallest absolute Gasteiger partial charge is 0.261 e. The Morgan fingerprint density at radius 3 is 2.14 bits per heavy atom. The number of nitrogens with zero attached hydrogens (tertiary/aromatic N) is 1. The molecule has 140 valence electrons. The van der Waals surface area contributed by atoms with Gasteiger partial charge in [-0.1, -0.05) is 24.3 Å². The molecule has 0 fully saturated rings. The van der Waals surface area contributed by atoms with Gasteiger partial charge in [-0.15, -0.1) is 0 Å². The highest BCUT2D eigenvalue weighted by Crippen LogP contribution is 2.20. The van der Waals surface area contributed by atoms with Gasteiger partial charge in [-0.25, -0.2) is 12.8 Å². The van der Waals surface area contributed by atoms with Crippen molar-refractivity contribution in [2.75, 3.05) is 10.0 Å². The molecule has 0 aliphatic rings. The number of sulfonamides is 1. The first-order valence-corrected chi connectivity index (χ1v) is 9.57. The fourth-order valence-electron chi connectivity index (χ4n) is 2.42. The number of benzene rings is 3. The lowest BCUT2D eigenvalue weighted by Gasteiger charge is -2.10. The van der Waals surface area contributed by atoms with Gasteiger partial charge in [-0.2, -0.15) is 5.26 Å². The Morgan fingerprint density at radius 1 is 0.893 bits per heavy atom. The largest absolute Gasteiger partial charge is 0.319 e. The zero-order chi connectivity index (χ0) is 20.1. The minimum Gasteiger partial charge on any atom is -0.319 e. The van der Waals surface area contributed by atoms with Crippen LogP contribution < -0.4 is 10.0 Å². The van der Waals surface area contributed by atoms with Gasteiger partial charge in [0.15, 0.2) is 0 Å². The predicted octanol–water partition coefficient (Wildman–Crippen LogP) is 3.75. The van der Waals surface area contributed by atoms with Crippen LogP contribution in [0.2, 0.25) is 0 Å². The fraction of sp³-hybridized carbons (Fsp3) is 0. The monoisotopic (exact) mass is 395 g/mol. The number of amides is 1. The molecule has 0 unspecified atom stereocenters. The van der Waals surface area contributed by atoms with Gasteiger partial charge in [0.25, 0.3) is 15.9 Å². The summed E-state index contributed by atoms with van der Waals surface area (Å²) in [4.78, 5) is 12.1. The summed E-state index contributed by atoms with van der Waals surface area (Å²) in [7, 11) is -3.95. The molecule has 0 radical (unpaired) electrons. The molecule has 3 aromatic rings. The molecule has 0 aliphatic heterocycles. The number of carbonyl (C=O) groups excluding carboxylic acids is 1. The number of hydrogen-bond donors (Lipinski definition) is 2. The van der Waals surface area contributed by atoms with Crippen molar-refractivity contribution in [3.8, 4) is 6.07 Å². The van der Waals surface area contributed by atoms with Crippen LogP contribution in [0.5, 0.6) is 0 Å². The minimum absolute atomic E-state index is 0.0268. The van der Waals surface area contributed by atoms with Crippen LogP contribution in [0.3, 0.4) is 0 Å². The van der Waals surface area contributed by atoms with Crippen molar-refractivity contribution in [2.45, 2.75) is 4.90 Å². The van der Waals surface area contributed by atoms with E-state index in [4.69, 9.17) is 5.26 Å². The van der Waals surface area contributed by atoms with Gasteiger partial charge in [0.05, 0.1) is 21.8 Å². The van der Waals surface area contributed by atoms with Crippen molar-refractivity contribution in [2.24, 2.45) is 0 Å². The van der Waals surface area contributed by atoms with E-state index in [2.05, 4.69) is 10.0 Å². The Bertz CT molecular complexity index is 1170. The van der Waals surface area contributed by atoms with Gasteiger partial charge < -0.3 is 5.32 Å². The van der Waals surface area contributed by atoms with E-state index in [1.54, 1.807) is 18.2 Å². The van der Waals surface area contributed by atoms with Crippen molar-refractivity contribution in [1.82, 2.24) is 0 Å². The number of carbonyl (C=O) groups is 1. The summed E-state index contributed by atoms with van der Waals surface area (Å²) >= 11 is 0. The van der Waals surface area contributed by atoms with Crippen LogP contribution in [0.25, 0.3) is 0 Å². The van der Waals surface area contributed by atoms with E-state index in [1.807, 2.05) is 6.07 Å². The number of nitrogens with one attached hydrogen (secondary N) is 2. The summed E-state index contributed by atoms with van der Waals surface area (Å²) in [6.07, 6.45) is 0. The molecule has 0 heterocycles. The fourth-order valence-corrected chi connectivity index (χ4v) is 3.50. The number of nitriles is 1. The molecule has 0 aliphatic carbocycles. The minimum atomic E-state index is -3.95. The zero-order valence-electron chi connectivity index (χ0n) is 14.4. The molecule has 8 heteroatoms. The Labute approximate surface area is 161 Å². The van der Waals surface area contributed by atoms with E-state index in [0.717, 1.165) is 0 Å². The van der Waals surface area contributed by atoms with Crippen LogP contribution in [-0.2, 0) is 10.0 Å². The van der Waals surface area contributed by atoms with Gasteiger partial charge in [0.2, 0.25) is 0 Å². The third-order valence-electron chi connectivity index (χ3n) is 3.84. The second-order valence-corrected chi connectivity index (χ2v) is 7.40. The van der Waals surface area contributed by atoms with E-state index >= 15 is 0 Å². The maximum Gasteiger partial charge on any atom is 0.261 e. The third kappa shape index (κ3) is 4.16. The quantitative estimate of drug-likeness (QED) is 0.687. The van der Waals surface area contributed by atoms with Crippen molar-refractivity contribution in [3.05, 3.63) is 89.7 Å². The first-order chi connectivity index (χ1) is 13.4. The van der Waals surface area contributed by atoms with Crippen LogP contribution in [-0.4, -0.2) is 14.3 Å². The van der Waals surface area contributed by atoms with Crippen molar-refractivity contribution >= 4 is 27.3 Å². The van der Waals surface area contributed by atoms with Crippen molar-refractivity contribution in [3.63, 3.8) is 0 Å². The lowest BCUT2D eigenvalue weighted by molar-refractivity contribution is 0.102. The summed E-state index contributed by atoms with van der Waals surface area (Å²) in [6, 6.07) is 19.0. The molecule has 0 aromatic heterocycles. The number of rotatable bonds is 5. The highest BCUT2D eigenvalue weighted by atomic mass is 32.2. The number of halogens is 1. The second kappa shape index (κ2) is 7.90. The number of hydrogen-bond acceptors (Lipinski definition) is 4. The lowest BCUT2D eigenvalue weighted by atomic mass is 10.2. The summed E-state index contributed by atoms with van der Waals surface area (Å²) < 4.78 is 41.0. The zero-order valence-corrected chi connectivity index (χ0v) is 15.2. The molecule has 0 saturated carbocycles. The van der Waals surface area contributed by atoms with Crippen LogP contribution in [0.15, 0.2) is 77.7 Å². The number of anilines is 2. The molecule has 0 saturated heterocycles. The molecule has 0 atom stereocenters. The number of para-hydroxylation sites is 2. The van der Waals surface area contributed by atoms with Crippen LogP contribution >= 0.6 is 0 Å². The topological polar surface area (TPSA) is 99.1 Å². The summed E-state index contributed by atoms with van der Waals surface area (Å²) in [5.41, 5.74) is 0.539. The predicted molar refractivity (Wildman–Crippen MR) is 103 cm³/mol. The van der Waals surface area contributed by atoms with Gasteiger partial charge in [-0.05, 0) is 48.5 Å². The third-order valence-corrected chi connectivity index (χ3v) is 5.22. The Kier molecular flexibility index (Phi) is 5.38. The van der Waals surface area contributed by atoms with Crippen LogP contribution in [0.4, 0.5) is 15.8 Å². The van der Waals surface area contributed by atoms with Crippen LogP contribution in [0, 0.1) is 17.1 Å². The average molecular weight is 395 g/mol. The maximum absolute atomic E-state index is 13.6. The van der Waals surface area contributed by atoms with E-state index in [9.17, 15) is 17.6 Å². The maximum atomic E-state index is 13.6. The average Bonchev–Trinajstić information content (AvgIpc) is 2.70. The van der Waals surface area contributed by atoms with Gasteiger partial charge in [-0.3, -0.25) is 9.52 Å². The second-order valence-electron chi connectivity index (χ2n) is 5.72. The molecule has 3 aromatic carbocycles. The molecule has 1 amide bonds. The van der Waals surface area contributed by atoms with Crippen LogP contribution in [0.1, 0.15) is 15.9 Å². The highest BCUT2D eigenvalue weighted by molar-refractivity contribution is 7.92. The molecule has 3 rings (SSSR count). The lowest BCUT2D eigenvalue weighted by Crippen LogP contribution is -2.15. The SMILES string of the molecule is N#Cc1ccccc1NS(=O)(=O)c1ccc(C(=O)Nc2ccccc2F)cc1. The molecule has 0 spiro atoms. The molecule has 2 N–H and O–H groups in total. The molecule has 28 heavy (non-hydrogen) atoms. The first-order valence-electron chi connectivity index (χ1n) is 8.08. The normalized spacial score (nSPS) is 10.7. The van der Waals surface area contributed by atoms with Gasteiger partial charge >= 0.3 is 0 Å². The summed E-state index contributed by atoms with van der Waals surface area (Å²) in [6.45, 7) is 0. The molecular formula is C20H14FN3O3S. The first kappa shape index (κ1) is 19.1. The van der Waals surface area contributed by atoms with Crippen molar-refractivity contribution < 1.29 is 17.6 Å². The Hall–Kier alpha value is -3.70. The van der Waals surface area contributed by atoms with Crippen molar-refractivity contribution in [1.29, 1.82) is 5.26 Å². The molecule has 6 nitrogen and oxygen atoms in total. The standard InChI is InChI=1S/C20H14FN3O3S/c21-17-6-2-4-8-19(17)23-20(25)14-9-11-16(12-10-14)28(26,27)24-18-7-3-1-5-15(18)13-22/h1-12,24H,(H,23,25). The molecule has 0 bridgehead atoms. The van der Waals surface area contributed by atoms with E-state index < -0.39 is 21.7 Å². The van der Waals surface area contributed by atoms with E-state index in [-0.39, 0.29) is 27.4 Å². The summed E-state index contributed by atoms with van der Waals surface area (Å²) in [5, 5.41) is 11.5. The summed E-state index contributed by atoms with van der Waals surface area (Å²) in [5.74, 6) is -1.15. The Balaban J connectivity index is 1.79.